The van der Waals surface area contributed by atoms with Crippen molar-refractivity contribution in [1.82, 2.24) is 9.13 Å². The summed E-state index contributed by atoms with van der Waals surface area (Å²) in [6, 6.07) is 65.7. The Hall–Kier alpha value is -7.66. The zero-order valence-electron chi connectivity index (χ0n) is 29.1. The van der Waals surface area contributed by atoms with E-state index in [0.717, 1.165) is 88.4 Å². The van der Waals surface area contributed by atoms with Crippen molar-refractivity contribution in [3.05, 3.63) is 199 Å². The Morgan fingerprint density at radius 3 is 1.59 bits per heavy atom. The van der Waals surface area contributed by atoms with Crippen molar-refractivity contribution in [1.29, 1.82) is 5.26 Å². The van der Waals surface area contributed by atoms with E-state index in [1.54, 1.807) is 6.07 Å². The molecule has 0 aliphatic heterocycles. The molecule has 0 aliphatic carbocycles. The molecular formula is C50H30N4. The first-order valence-corrected chi connectivity index (χ1v) is 17.9. The molecule has 0 amide bonds. The molecule has 0 spiro atoms. The van der Waals surface area contributed by atoms with Crippen LogP contribution in [0.4, 0.5) is 5.69 Å². The first-order valence-electron chi connectivity index (χ1n) is 17.9. The third-order valence-electron chi connectivity index (χ3n) is 10.6. The van der Waals surface area contributed by atoms with Gasteiger partial charge in [-0.25, -0.2) is 4.85 Å². The molecular weight excluding hydrogens is 657 g/mol. The second-order valence-corrected chi connectivity index (χ2v) is 13.6. The summed E-state index contributed by atoms with van der Waals surface area (Å²) in [4.78, 5) is 3.98. The summed E-state index contributed by atoms with van der Waals surface area (Å²) in [5, 5.41) is 14.3. The maximum Gasteiger partial charge on any atom is 0.196 e. The average molecular weight is 687 g/mol. The molecule has 0 bridgehead atoms. The van der Waals surface area contributed by atoms with Crippen molar-refractivity contribution in [2.24, 2.45) is 0 Å². The van der Waals surface area contributed by atoms with Gasteiger partial charge in [-0.2, -0.15) is 5.26 Å². The Bertz CT molecular complexity index is 3060. The molecule has 0 unspecified atom stereocenters. The van der Waals surface area contributed by atoms with Gasteiger partial charge in [0, 0.05) is 32.8 Å². The molecule has 0 aliphatic rings. The van der Waals surface area contributed by atoms with Crippen LogP contribution in [0.15, 0.2) is 182 Å². The fourth-order valence-electron chi connectivity index (χ4n) is 8.08. The molecule has 2 heterocycles. The van der Waals surface area contributed by atoms with E-state index in [4.69, 9.17) is 6.57 Å². The molecule has 10 aromatic rings. The van der Waals surface area contributed by atoms with Gasteiger partial charge in [0.1, 0.15) is 0 Å². The largest absolute Gasteiger partial charge is 0.309 e. The van der Waals surface area contributed by atoms with Crippen LogP contribution in [-0.4, -0.2) is 9.13 Å². The van der Waals surface area contributed by atoms with Gasteiger partial charge in [-0.3, -0.25) is 0 Å². The van der Waals surface area contributed by atoms with Crippen molar-refractivity contribution in [3.8, 4) is 50.8 Å². The van der Waals surface area contributed by atoms with Gasteiger partial charge in [0.05, 0.1) is 40.4 Å². The SMILES string of the molecule is [C-]#[N+]c1cc(C#N)ccc1-c1cc2c(cc1-n1c3ccc(-c4ccccc4)cc3c3cc(-c4ccccc4)ccc31)c1ccccc1n2-c1ccccc1. The lowest BCUT2D eigenvalue weighted by Crippen LogP contribution is -1.99. The van der Waals surface area contributed by atoms with Crippen LogP contribution in [0.1, 0.15) is 5.56 Å². The standard InChI is InChI=1S/C50H30N4/c1-52-45-27-33(32-51)21-24-39(45)43-30-49-44(40-19-11-12-20-46(40)53(49)38-17-9-4-10-18-38)31-50(43)54-47-25-22-36(34-13-5-2-6-14-34)28-41(47)42-29-37(23-26-48(42)54)35-15-7-3-8-16-35/h2-31H. The highest BCUT2D eigenvalue weighted by Crippen LogP contribution is 2.45. The van der Waals surface area contributed by atoms with Crippen LogP contribution in [0, 0.1) is 17.9 Å². The summed E-state index contributed by atoms with van der Waals surface area (Å²) < 4.78 is 4.67. The van der Waals surface area contributed by atoms with E-state index < -0.39 is 0 Å². The molecule has 0 saturated carbocycles. The zero-order valence-corrected chi connectivity index (χ0v) is 29.1. The minimum absolute atomic E-state index is 0.440. The van der Waals surface area contributed by atoms with Gasteiger partial charge >= 0.3 is 0 Å². The van der Waals surface area contributed by atoms with E-state index >= 15 is 0 Å². The molecule has 0 radical (unpaired) electrons. The van der Waals surface area contributed by atoms with Gasteiger partial charge in [-0.15, -0.1) is 0 Å². The Kier molecular flexibility index (Phi) is 7.22. The van der Waals surface area contributed by atoms with Crippen molar-refractivity contribution in [3.63, 3.8) is 0 Å². The van der Waals surface area contributed by atoms with Crippen LogP contribution < -0.4 is 0 Å². The van der Waals surface area contributed by atoms with Gasteiger partial charge in [0.15, 0.2) is 5.69 Å². The van der Waals surface area contributed by atoms with Crippen LogP contribution in [-0.2, 0) is 0 Å². The maximum atomic E-state index is 9.79. The summed E-state index contributed by atoms with van der Waals surface area (Å²) in [7, 11) is 0. The van der Waals surface area contributed by atoms with Crippen LogP contribution in [0.5, 0.6) is 0 Å². The molecule has 0 N–H and O–H groups in total. The molecule has 54 heavy (non-hydrogen) atoms. The summed E-state index contributed by atoms with van der Waals surface area (Å²) in [6.07, 6.45) is 0. The normalized spacial score (nSPS) is 11.3. The summed E-state index contributed by atoms with van der Waals surface area (Å²) >= 11 is 0. The number of benzene rings is 8. The Morgan fingerprint density at radius 1 is 0.426 bits per heavy atom. The lowest BCUT2D eigenvalue weighted by atomic mass is 9.97. The highest BCUT2D eigenvalue weighted by atomic mass is 15.0. The number of rotatable bonds is 5. The molecule has 8 aromatic carbocycles. The van der Waals surface area contributed by atoms with Crippen LogP contribution in [0.3, 0.4) is 0 Å². The quantitative estimate of drug-likeness (QED) is 0.166. The molecule has 10 rings (SSSR count). The number of nitrogens with zero attached hydrogens (tertiary/aromatic N) is 4. The van der Waals surface area contributed by atoms with E-state index in [9.17, 15) is 5.26 Å². The van der Waals surface area contributed by atoms with Crippen LogP contribution in [0.25, 0.3) is 93.2 Å². The highest BCUT2D eigenvalue weighted by Gasteiger charge is 2.22. The van der Waals surface area contributed by atoms with Gasteiger partial charge in [0.25, 0.3) is 0 Å². The Balaban J connectivity index is 1.36. The monoisotopic (exact) mass is 686 g/mol. The van der Waals surface area contributed by atoms with E-state index in [1.165, 1.54) is 0 Å². The van der Waals surface area contributed by atoms with Crippen LogP contribution >= 0.6 is 0 Å². The topological polar surface area (TPSA) is 38.0 Å². The molecule has 250 valence electrons. The molecule has 2 aromatic heterocycles. The summed E-state index contributed by atoms with van der Waals surface area (Å²) in [6.45, 7) is 8.25. The fraction of sp³-hybridized carbons (Fsp3) is 0. The van der Waals surface area contributed by atoms with Crippen LogP contribution in [0.2, 0.25) is 0 Å². The van der Waals surface area contributed by atoms with E-state index in [1.807, 2.05) is 30.3 Å². The Morgan fingerprint density at radius 2 is 0.981 bits per heavy atom. The maximum absolute atomic E-state index is 9.79. The highest BCUT2D eigenvalue weighted by molar-refractivity contribution is 6.15. The minimum Gasteiger partial charge on any atom is -0.309 e. The van der Waals surface area contributed by atoms with E-state index in [0.29, 0.717) is 11.3 Å². The number of hydrogen-bond acceptors (Lipinski definition) is 1. The molecule has 4 nitrogen and oxygen atoms in total. The smallest absolute Gasteiger partial charge is 0.196 e. The zero-order chi connectivity index (χ0) is 36.2. The summed E-state index contributed by atoms with van der Waals surface area (Å²) in [5.41, 5.74) is 13.5. The third kappa shape index (κ3) is 4.90. The second kappa shape index (κ2) is 12.5. The first kappa shape index (κ1) is 31.1. The van der Waals surface area contributed by atoms with Gasteiger partial charge in [0.2, 0.25) is 0 Å². The minimum atomic E-state index is 0.440. The van der Waals surface area contributed by atoms with Gasteiger partial charge in [-0.1, -0.05) is 115 Å². The summed E-state index contributed by atoms with van der Waals surface area (Å²) in [5.74, 6) is 0. The van der Waals surface area contributed by atoms with Gasteiger partial charge in [-0.05, 0) is 100 Å². The lowest BCUT2D eigenvalue weighted by molar-refractivity contribution is 1.17. The Labute approximate surface area is 312 Å². The number of nitriles is 1. The van der Waals surface area contributed by atoms with Crippen molar-refractivity contribution < 1.29 is 0 Å². The number of hydrogen-bond donors (Lipinski definition) is 0. The van der Waals surface area contributed by atoms with E-state index in [-0.39, 0.29) is 0 Å². The fourth-order valence-corrected chi connectivity index (χ4v) is 8.08. The second-order valence-electron chi connectivity index (χ2n) is 13.6. The third-order valence-corrected chi connectivity index (χ3v) is 10.6. The number of aromatic nitrogens is 2. The molecule has 0 saturated heterocycles. The van der Waals surface area contributed by atoms with Crippen molar-refractivity contribution in [2.45, 2.75) is 0 Å². The predicted molar refractivity (Wildman–Crippen MR) is 222 cm³/mol. The molecule has 4 heteroatoms. The number of fused-ring (bicyclic) bond motifs is 6. The van der Waals surface area contributed by atoms with Crippen molar-refractivity contribution in [2.75, 3.05) is 0 Å². The average Bonchev–Trinajstić information content (AvgIpc) is 3.75. The molecule has 0 atom stereocenters. The number of para-hydroxylation sites is 2. The van der Waals surface area contributed by atoms with Gasteiger partial charge < -0.3 is 9.13 Å². The van der Waals surface area contributed by atoms with E-state index in [2.05, 4.69) is 166 Å². The molecule has 0 fully saturated rings. The van der Waals surface area contributed by atoms with Crippen molar-refractivity contribution >= 4 is 49.3 Å². The lowest BCUT2D eigenvalue weighted by Gasteiger charge is -2.17. The predicted octanol–water partition coefficient (Wildman–Crippen LogP) is 13.3. The first-order chi connectivity index (χ1) is 26.7.